The van der Waals surface area contributed by atoms with Crippen molar-refractivity contribution in [2.75, 3.05) is 7.05 Å². The monoisotopic (exact) mass is 437 g/mol. The molecule has 0 N–H and O–H groups in total. The van der Waals surface area contributed by atoms with Gasteiger partial charge >= 0.3 is 0 Å². The van der Waals surface area contributed by atoms with E-state index < -0.39 is 11.6 Å². The molecule has 8 heteroatoms. The van der Waals surface area contributed by atoms with E-state index >= 15 is 0 Å². The maximum Gasteiger partial charge on any atom is 0.180 e. The van der Waals surface area contributed by atoms with Crippen LogP contribution < -0.4 is 4.74 Å². The normalized spacial score (nSPS) is 11.7. The van der Waals surface area contributed by atoms with Crippen molar-refractivity contribution >= 4 is 11.9 Å². The maximum absolute atomic E-state index is 14.0. The van der Waals surface area contributed by atoms with Gasteiger partial charge in [0.1, 0.15) is 18.2 Å². The fourth-order valence-electron chi connectivity index (χ4n) is 3.71. The Morgan fingerprint density at radius 2 is 1.94 bits per heavy atom. The summed E-state index contributed by atoms with van der Waals surface area (Å²) in [7, 11) is 1.77. The number of pyridine rings is 1. The SMILES string of the molecule is CN=CCCCn1cc(-c2c(C)nc3c(OCc4c(F)cccc4F)cc(C)cn23)cn1. The lowest BCUT2D eigenvalue weighted by molar-refractivity contribution is 0.294. The summed E-state index contributed by atoms with van der Waals surface area (Å²) in [5.74, 6) is -0.800. The van der Waals surface area contributed by atoms with Crippen LogP contribution in [0.4, 0.5) is 8.78 Å². The van der Waals surface area contributed by atoms with E-state index in [1.807, 2.05) is 53.8 Å². The molecular weight excluding hydrogens is 412 g/mol. The second kappa shape index (κ2) is 9.30. The molecule has 0 amide bonds. The fraction of sp³-hybridized carbons (Fsp3) is 0.292. The molecule has 0 unspecified atom stereocenters. The first-order valence-corrected chi connectivity index (χ1v) is 10.5. The number of hydrogen-bond acceptors (Lipinski definition) is 4. The number of aryl methyl sites for hydroxylation is 3. The first-order chi connectivity index (χ1) is 15.5. The third kappa shape index (κ3) is 4.39. The predicted molar refractivity (Wildman–Crippen MR) is 120 cm³/mol. The zero-order valence-electron chi connectivity index (χ0n) is 18.3. The molecular formula is C24H25F2N5O. The number of ether oxygens (including phenoxy) is 1. The van der Waals surface area contributed by atoms with Gasteiger partial charge in [0.25, 0.3) is 0 Å². The van der Waals surface area contributed by atoms with Gasteiger partial charge in [0.15, 0.2) is 11.4 Å². The zero-order valence-corrected chi connectivity index (χ0v) is 18.3. The number of aliphatic imine (C=N–C) groups is 1. The van der Waals surface area contributed by atoms with Crippen molar-refractivity contribution in [3.63, 3.8) is 0 Å². The van der Waals surface area contributed by atoms with E-state index in [4.69, 9.17) is 4.74 Å². The summed E-state index contributed by atoms with van der Waals surface area (Å²) in [5.41, 5.74) is 4.08. The molecule has 0 spiro atoms. The van der Waals surface area contributed by atoms with Crippen LogP contribution in [-0.2, 0) is 13.2 Å². The Morgan fingerprint density at radius 1 is 1.16 bits per heavy atom. The van der Waals surface area contributed by atoms with Crippen LogP contribution in [0.1, 0.15) is 29.7 Å². The van der Waals surface area contributed by atoms with Crippen molar-refractivity contribution in [1.29, 1.82) is 0 Å². The standard InChI is InChI=1S/C24H25F2N5O/c1-16-11-22(32-15-19-20(25)7-6-8-21(19)26)24-29-17(2)23(31(24)13-16)18-12-28-30(14-18)10-5-4-9-27-3/h6-9,11-14H,4-5,10,15H2,1-3H3. The van der Waals surface area contributed by atoms with Gasteiger partial charge in [0, 0.05) is 31.5 Å². The van der Waals surface area contributed by atoms with Gasteiger partial charge in [0.05, 0.1) is 23.1 Å². The summed E-state index contributed by atoms with van der Waals surface area (Å²) in [6, 6.07) is 5.60. The number of hydrogen-bond donors (Lipinski definition) is 0. The Kier molecular flexibility index (Phi) is 6.30. The number of fused-ring (bicyclic) bond motifs is 1. The molecule has 0 bridgehead atoms. The summed E-state index contributed by atoms with van der Waals surface area (Å²) in [4.78, 5) is 8.68. The molecule has 0 aliphatic rings. The van der Waals surface area contributed by atoms with Crippen molar-refractivity contribution in [2.24, 2.45) is 4.99 Å². The Hall–Kier alpha value is -3.55. The lowest BCUT2D eigenvalue weighted by atomic mass is 10.2. The van der Waals surface area contributed by atoms with Crippen molar-refractivity contribution in [1.82, 2.24) is 19.2 Å². The van der Waals surface area contributed by atoms with Crippen molar-refractivity contribution in [3.05, 3.63) is 71.3 Å². The second-order valence-corrected chi connectivity index (χ2v) is 7.69. The van der Waals surface area contributed by atoms with E-state index in [0.717, 1.165) is 41.9 Å². The molecule has 0 atom stereocenters. The summed E-state index contributed by atoms with van der Waals surface area (Å²) in [6.07, 6.45) is 9.54. The molecule has 1 aromatic carbocycles. The number of benzene rings is 1. The third-order valence-corrected chi connectivity index (χ3v) is 5.24. The van der Waals surface area contributed by atoms with Crippen LogP contribution in [0.2, 0.25) is 0 Å². The first kappa shape index (κ1) is 21.7. The molecule has 3 aromatic heterocycles. The van der Waals surface area contributed by atoms with Gasteiger partial charge < -0.3 is 9.73 Å². The fourth-order valence-corrected chi connectivity index (χ4v) is 3.71. The average Bonchev–Trinajstić information content (AvgIpc) is 3.34. The third-order valence-electron chi connectivity index (χ3n) is 5.24. The van der Waals surface area contributed by atoms with Crippen LogP contribution >= 0.6 is 0 Å². The zero-order chi connectivity index (χ0) is 22.7. The molecule has 0 saturated carbocycles. The second-order valence-electron chi connectivity index (χ2n) is 7.69. The molecule has 0 saturated heterocycles. The molecule has 6 nitrogen and oxygen atoms in total. The largest absolute Gasteiger partial charge is 0.485 e. The molecule has 166 valence electrons. The molecule has 32 heavy (non-hydrogen) atoms. The molecule has 0 fully saturated rings. The lowest BCUT2D eigenvalue weighted by Crippen LogP contribution is -2.03. The minimum Gasteiger partial charge on any atom is -0.485 e. The topological polar surface area (TPSA) is 56.7 Å². The quantitative estimate of drug-likeness (QED) is 0.283. The number of unbranched alkanes of at least 4 members (excludes halogenated alkanes) is 1. The smallest absolute Gasteiger partial charge is 0.180 e. The van der Waals surface area contributed by atoms with Gasteiger partial charge in [-0.15, -0.1) is 0 Å². The number of aromatic nitrogens is 4. The Labute approximate surface area is 185 Å². The highest BCUT2D eigenvalue weighted by Crippen LogP contribution is 2.30. The Bertz CT molecular complexity index is 1250. The molecule has 4 aromatic rings. The highest BCUT2D eigenvalue weighted by atomic mass is 19.1. The van der Waals surface area contributed by atoms with Crippen LogP contribution in [-0.4, -0.2) is 32.4 Å². The maximum atomic E-state index is 14.0. The van der Waals surface area contributed by atoms with E-state index in [1.165, 1.54) is 18.2 Å². The van der Waals surface area contributed by atoms with Crippen molar-refractivity contribution < 1.29 is 13.5 Å². The highest BCUT2D eigenvalue weighted by Gasteiger charge is 2.18. The van der Waals surface area contributed by atoms with Crippen LogP contribution in [0.5, 0.6) is 5.75 Å². The first-order valence-electron chi connectivity index (χ1n) is 10.5. The van der Waals surface area contributed by atoms with E-state index in [9.17, 15) is 8.78 Å². The molecule has 0 aliphatic carbocycles. The minimum atomic E-state index is -0.633. The Balaban J connectivity index is 1.64. The van der Waals surface area contributed by atoms with Gasteiger partial charge in [-0.25, -0.2) is 13.8 Å². The Morgan fingerprint density at radius 3 is 2.69 bits per heavy atom. The van der Waals surface area contributed by atoms with E-state index in [0.29, 0.717) is 11.4 Å². The van der Waals surface area contributed by atoms with Crippen LogP contribution in [0.25, 0.3) is 16.9 Å². The average molecular weight is 437 g/mol. The van der Waals surface area contributed by atoms with E-state index in [2.05, 4.69) is 15.1 Å². The summed E-state index contributed by atoms with van der Waals surface area (Å²) in [6.45, 7) is 4.43. The van der Waals surface area contributed by atoms with E-state index in [1.54, 1.807) is 7.05 Å². The number of rotatable bonds is 8. The van der Waals surface area contributed by atoms with Crippen LogP contribution in [0, 0.1) is 25.5 Å². The summed E-state index contributed by atoms with van der Waals surface area (Å²) < 4.78 is 37.7. The summed E-state index contributed by atoms with van der Waals surface area (Å²) in [5, 5.41) is 4.47. The predicted octanol–water partition coefficient (Wildman–Crippen LogP) is 5.15. The molecule has 3 heterocycles. The van der Waals surface area contributed by atoms with Crippen LogP contribution in [0.3, 0.4) is 0 Å². The minimum absolute atomic E-state index is 0.106. The van der Waals surface area contributed by atoms with Crippen LogP contribution in [0.15, 0.2) is 47.8 Å². The van der Waals surface area contributed by atoms with Gasteiger partial charge in [-0.05, 0) is 56.7 Å². The van der Waals surface area contributed by atoms with Gasteiger partial charge in [-0.1, -0.05) is 6.07 Å². The number of imidazole rings is 1. The van der Waals surface area contributed by atoms with Gasteiger partial charge in [0.2, 0.25) is 0 Å². The highest BCUT2D eigenvalue weighted by molar-refractivity contribution is 5.69. The van der Waals surface area contributed by atoms with Gasteiger partial charge in [-0.3, -0.25) is 9.08 Å². The van der Waals surface area contributed by atoms with E-state index in [-0.39, 0.29) is 12.2 Å². The number of halogens is 2. The number of nitrogens with zero attached hydrogens (tertiary/aromatic N) is 5. The molecule has 0 radical (unpaired) electrons. The summed E-state index contributed by atoms with van der Waals surface area (Å²) >= 11 is 0. The van der Waals surface area contributed by atoms with Crippen molar-refractivity contribution in [2.45, 2.75) is 39.8 Å². The lowest BCUT2D eigenvalue weighted by Gasteiger charge is -2.11. The molecule has 0 aliphatic heterocycles. The van der Waals surface area contributed by atoms with Crippen molar-refractivity contribution in [3.8, 4) is 17.0 Å². The molecule has 4 rings (SSSR count). The van der Waals surface area contributed by atoms with Gasteiger partial charge in [-0.2, -0.15) is 5.10 Å².